The van der Waals surface area contributed by atoms with Crippen LogP contribution in [0.25, 0.3) is 0 Å². The van der Waals surface area contributed by atoms with Crippen LogP contribution in [0.15, 0.2) is 23.1 Å². The Bertz CT molecular complexity index is 368. The van der Waals surface area contributed by atoms with Crippen LogP contribution in [0.2, 0.25) is 0 Å². The highest BCUT2D eigenvalue weighted by atomic mass is 32.2. The SMILES string of the molecule is Cc1cccc(S(=O)O)c1C#N. The van der Waals surface area contributed by atoms with Gasteiger partial charge >= 0.3 is 0 Å². The van der Waals surface area contributed by atoms with E-state index in [1.807, 2.05) is 6.07 Å². The Labute approximate surface area is 72.9 Å². The standard InChI is InChI=1S/C8H7NO2S/c1-6-3-2-4-8(12(10)11)7(6)5-9/h2-4H,1H3,(H,10,11). The number of benzene rings is 1. The molecule has 1 aromatic carbocycles. The largest absolute Gasteiger partial charge is 0.302 e. The normalized spacial score (nSPS) is 12.1. The number of nitrogens with zero attached hydrogens (tertiary/aromatic N) is 1. The fourth-order valence-electron chi connectivity index (χ4n) is 0.930. The first kappa shape index (κ1) is 8.91. The van der Waals surface area contributed by atoms with Gasteiger partial charge in [-0.1, -0.05) is 12.1 Å². The molecule has 0 fully saturated rings. The average Bonchev–Trinajstić information content (AvgIpc) is 2.03. The average molecular weight is 181 g/mol. The molecule has 12 heavy (non-hydrogen) atoms. The topological polar surface area (TPSA) is 61.1 Å². The fraction of sp³-hybridized carbons (Fsp3) is 0.125. The zero-order chi connectivity index (χ0) is 9.14. The lowest BCUT2D eigenvalue weighted by molar-refractivity contribution is 0.564. The van der Waals surface area contributed by atoms with Gasteiger partial charge in [0.1, 0.15) is 6.07 Å². The number of rotatable bonds is 1. The minimum absolute atomic E-state index is 0.178. The molecular formula is C8H7NO2S. The Morgan fingerprint density at radius 3 is 2.67 bits per heavy atom. The molecule has 0 aliphatic heterocycles. The van der Waals surface area contributed by atoms with Crippen LogP contribution in [-0.4, -0.2) is 8.76 Å². The van der Waals surface area contributed by atoms with E-state index in [0.717, 1.165) is 5.56 Å². The van der Waals surface area contributed by atoms with E-state index in [2.05, 4.69) is 0 Å². The Kier molecular flexibility index (Phi) is 2.58. The van der Waals surface area contributed by atoms with Gasteiger partial charge < -0.3 is 4.55 Å². The van der Waals surface area contributed by atoms with Crippen molar-refractivity contribution in [3.05, 3.63) is 29.3 Å². The smallest absolute Gasteiger partial charge is 0.187 e. The van der Waals surface area contributed by atoms with Gasteiger partial charge in [-0.05, 0) is 18.6 Å². The van der Waals surface area contributed by atoms with Gasteiger partial charge in [0, 0.05) is 0 Å². The Hall–Kier alpha value is -1.18. The summed E-state index contributed by atoms with van der Waals surface area (Å²) in [6.45, 7) is 1.73. The van der Waals surface area contributed by atoms with E-state index >= 15 is 0 Å². The van der Waals surface area contributed by atoms with Gasteiger partial charge in [-0.15, -0.1) is 0 Å². The van der Waals surface area contributed by atoms with Crippen LogP contribution in [0.3, 0.4) is 0 Å². The van der Waals surface area contributed by atoms with Crippen molar-refractivity contribution < 1.29 is 8.76 Å². The van der Waals surface area contributed by atoms with Crippen LogP contribution in [0, 0.1) is 18.3 Å². The van der Waals surface area contributed by atoms with Crippen molar-refractivity contribution in [1.29, 1.82) is 5.26 Å². The van der Waals surface area contributed by atoms with Crippen molar-refractivity contribution in [2.45, 2.75) is 11.8 Å². The third-order valence-corrected chi connectivity index (χ3v) is 2.25. The highest BCUT2D eigenvalue weighted by molar-refractivity contribution is 7.79. The summed E-state index contributed by atoms with van der Waals surface area (Å²) in [7, 11) is 0. The van der Waals surface area contributed by atoms with Crippen molar-refractivity contribution in [2.75, 3.05) is 0 Å². The minimum Gasteiger partial charge on any atom is -0.302 e. The maximum absolute atomic E-state index is 10.7. The molecule has 0 aromatic heterocycles. The predicted octanol–water partition coefficient (Wildman–Crippen LogP) is 1.45. The summed E-state index contributed by atoms with van der Waals surface area (Å²) in [6.07, 6.45) is 0. The number of hydrogen-bond donors (Lipinski definition) is 1. The van der Waals surface area contributed by atoms with Crippen molar-refractivity contribution in [3.8, 4) is 6.07 Å². The summed E-state index contributed by atoms with van der Waals surface area (Å²) in [5, 5.41) is 8.65. The second-order valence-corrected chi connectivity index (χ2v) is 3.25. The van der Waals surface area contributed by atoms with Crippen molar-refractivity contribution >= 4 is 11.1 Å². The van der Waals surface area contributed by atoms with Crippen LogP contribution >= 0.6 is 0 Å². The molecule has 62 valence electrons. The van der Waals surface area contributed by atoms with E-state index in [0.29, 0.717) is 5.56 Å². The molecule has 0 saturated carbocycles. The summed E-state index contributed by atoms with van der Waals surface area (Å²) >= 11 is -2.07. The first-order chi connectivity index (χ1) is 5.66. The predicted molar refractivity (Wildman–Crippen MR) is 44.9 cm³/mol. The van der Waals surface area contributed by atoms with E-state index in [1.54, 1.807) is 19.1 Å². The van der Waals surface area contributed by atoms with Gasteiger partial charge in [0.2, 0.25) is 0 Å². The Morgan fingerprint density at radius 1 is 1.58 bits per heavy atom. The van der Waals surface area contributed by atoms with Crippen LogP contribution in [0.1, 0.15) is 11.1 Å². The minimum atomic E-state index is -2.07. The van der Waals surface area contributed by atoms with Crippen LogP contribution in [0.4, 0.5) is 0 Å². The molecule has 0 aliphatic carbocycles. The van der Waals surface area contributed by atoms with Gasteiger partial charge in [-0.2, -0.15) is 5.26 Å². The number of nitriles is 1. The maximum Gasteiger partial charge on any atom is 0.187 e. The zero-order valence-electron chi connectivity index (χ0n) is 6.44. The third kappa shape index (κ3) is 1.52. The van der Waals surface area contributed by atoms with Gasteiger partial charge in [0.15, 0.2) is 11.1 Å². The number of hydrogen-bond acceptors (Lipinski definition) is 2. The highest BCUT2D eigenvalue weighted by Gasteiger charge is 2.08. The molecule has 0 amide bonds. The summed E-state index contributed by atoms with van der Waals surface area (Å²) in [5.74, 6) is 0. The summed E-state index contributed by atoms with van der Waals surface area (Å²) in [6, 6.07) is 6.75. The van der Waals surface area contributed by atoms with E-state index in [1.165, 1.54) is 6.07 Å². The van der Waals surface area contributed by atoms with E-state index in [9.17, 15) is 4.21 Å². The van der Waals surface area contributed by atoms with Gasteiger partial charge in [0.25, 0.3) is 0 Å². The molecule has 1 N–H and O–H groups in total. The Morgan fingerprint density at radius 2 is 2.25 bits per heavy atom. The van der Waals surface area contributed by atoms with Crippen molar-refractivity contribution in [2.24, 2.45) is 0 Å². The molecule has 0 heterocycles. The fourth-order valence-corrected chi connectivity index (χ4v) is 1.51. The lowest BCUT2D eigenvalue weighted by atomic mass is 10.1. The molecule has 0 spiro atoms. The maximum atomic E-state index is 10.7. The van der Waals surface area contributed by atoms with E-state index in [4.69, 9.17) is 9.81 Å². The zero-order valence-corrected chi connectivity index (χ0v) is 7.26. The molecule has 0 aliphatic rings. The lowest BCUT2D eigenvalue weighted by Crippen LogP contribution is -1.94. The molecular weight excluding hydrogens is 174 g/mol. The molecule has 3 nitrogen and oxygen atoms in total. The summed E-state index contributed by atoms with van der Waals surface area (Å²) in [5.41, 5.74) is 1.01. The second kappa shape index (κ2) is 3.48. The van der Waals surface area contributed by atoms with Gasteiger partial charge in [-0.25, -0.2) is 4.21 Å². The Balaban J connectivity index is 3.40. The quantitative estimate of drug-likeness (QED) is 0.667. The molecule has 0 radical (unpaired) electrons. The highest BCUT2D eigenvalue weighted by Crippen LogP contribution is 2.15. The second-order valence-electron chi connectivity index (χ2n) is 2.31. The first-order valence-electron chi connectivity index (χ1n) is 3.27. The van der Waals surface area contributed by atoms with Gasteiger partial charge in [0.05, 0.1) is 10.5 Å². The summed E-state index contributed by atoms with van der Waals surface area (Å²) in [4.78, 5) is 0.178. The third-order valence-electron chi connectivity index (χ3n) is 1.53. The van der Waals surface area contributed by atoms with Crippen LogP contribution in [0.5, 0.6) is 0 Å². The lowest BCUT2D eigenvalue weighted by Gasteiger charge is -2.00. The molecule has 4 heteroatoms. The van der Waals surface area contributed by atoms with Crippen molar-refractivity contribution in [1.82, 2.24) is 0 Å². The first-order valence-corrected chi connectivity index (χ1v) is 4.38. The number of aryl methyl sites for hydroxylation is 1. The molecule has 1 unspecified atom stereocenters. The van der Waals surface area contributed by atoms with Crippen molar-refractivity contribution in [3.63, 3.8) is 0 Å². The molecule has 0 saturated heterocycles. The van der Waals surface area contributed by atoms with Crippen LogP contribution in [-0.2, 0) is 11.1 Å². The van der Waals surface area contributed by atoms with E-state index in [-0.39, 0.29) is 4.90 Å². The molecule has 1 atom stereocenters. The summed E-state index contributed by atoms with van der Waals surface area (Å²) < 4.78 is 19.5. The molecule has 0 bridgehead atoms. The monoisotopic (exact) mass is 181 g/mol. The molecule has 1 aromatic rings. The molecule has 1 rings (SSSR count). The van der Waals surface area contributed by atoms with Crippen LogP contribution < -0.4 is 0 Å². The van der Waals surface area contributed by atoms with E-state index < -0.39 is 11.1 Å². The van der Waals surface area contributed by atoms with Gasteiger partial charge in [-0.3, -0.25) is 0 Å².